The Kier molecular flexibility index (Phi) is 4.24. The molecule has 4 heteroatoms. The number of ether oxygens (including phenoxy) is 1. The maximum absolute atomic E-state index is 10.6. The van der Waals surface area contributed by atoms with E-state index in [0.717, 1.165) is 34.7 Å². The van der Waals surface area contributed by atoms with Gasteiger partial charge in [0.2, 0.25) is 0 Å². The molecule has 0 fully saturated rings. The van der Waals surface area contributed by atoms with E-state index in [-0.39, 0.29) is 0 Å². The smallest absolute Gasteiger partial charge is 0.150 e. The molecule has 4 nitrogen and oxygen atoms in total. The summed E-state index contributed by atoms with van der Waals surface area (Å²) in [5.74, 6) is 0.748. The van der Waals surface area contributed by atoms with Crippen molar-refractivity contribution >= 4 is 6.29 Å². The van der Waals surface area contributed by atoms with Crippen LogP contribution >= 0.6 is 0 Å². The van der Waals surface area contributed by atoms with Crippen molar-refractivity contribution in [3.05, 3.63) is 77.1 Å². The number of aldehydes is 1. The quantitative estimate of drug-likeness (QED) is 0.672. The molecule has 0 aliphatic carbocycles. The van der Waals surface area contributed by atoms with Gasteiger partial charge in [0.1, 0.15) is 18.6 Å². The highest BCUT2D eigenvalue weighted by Gasteiger charge is 2.04. The zero-order valence-corrected chi connectivity index (χ0v) is 13.2. The maximum atomic E-state index is 10.6. The van der Waals surface area contributed by atoms with Gasteiger partial charge in [0.15, 0.2) is 0 Å². The largest absolute Gasteiger partial charge is 0.489 e. The van der Waals surface area contributed by atoms with Gasteiger partial charge in [0.05, 0.1) is 11.4 Å². The zero-order valence-electron chi connectivity index (χ0n) is 13.2. The van der Waals surface area contributed by atoms with Gasteiger partial charge in [-0.3, -0.25) is 4.79 Å². The highest BCUT2D eigenvalue weighted by Crippen LogP contribution is 2.16. The highest BCUT2D eigenvalue weighted by molar-refractivity contribution is 5.74. The average molecular weight is 306 g/mol. The molecule has 3 aromatic rings. The fourth-order valence-electron chi connectivity index (χ4n) is 2.43. The van der Waals surface area contributed by atoms with Gasteiger partial charge < -0.3 is 4.74 Å². The number of aromatic nitrogens is 2. The number of nitrogens with zero attached hydrogens (tertiary/aromatic N) is 2. The summed E-state index contributed by atoms with van der Waals surface area (Å²) >= 11 is 0. The van der Waals surface area contributed by atoms with E-state index in [0.29, 0.717) is 12.2 Å². The van der Waals surface area contributed by atoms with E-state index >= 15 is 0 Å². The number of aryl methyl sites for hydroxylation is 2. The van der Waals surface area contributed by atoms with Crippen LogP contribution in [0.2, 0.25) is 0 Å². The molecule has 0 amide bonds. The van der Waals surface area contributed by atoms with Crippen LogP contribution in [0.4, 0.5) is 0 Å². The first-order valence-electron chi connectivity index (χ1n) is 7.46. The van der Waals surface area contributed by atoms with E-state index < -0.39 is 0 Å². The van der Waals surface area contributed by atoms with Crippen molar-refractivity contribution in [3.63, 3.8) is 0 Å². The topological polar surface area (TPSA) is 44.1 Å². The first-order valence-corrected chi connectivity index (χ1v) is 7.46. The minimum atomic E-state index is 0.484. The molecule has 1 aromatic heterocycles. The Morgan fingerprint density at radius 1 is 1.04 bits per heavy atom. The minimum absolute atomic E-state index is 0.484. The van der Waals surface area contributed by atoms with Crippen LogP contribution in [0.3, 0.4) is 0 Å². The van der Waals surface area contributed by atoms with Crippen molar-refractivity contribution in [2.24, 2.45) is 0 Å². The number of benzene rings is 2. The Hall–Kier alpha value is -2.88. The summed E-state index contributed by atoms with van der Waals surface area (Å²) < 4.78 is 7.66. The van der Waals surface area contributed by atoms with Gasteiger partial charge in [-0.1, -0.05) is 12.1 Å². The van der Waals surface area contributed by atoms with Gasteiger partial charge in [-0.15, -0.1) is 0 Å². The van der Waals surface area contributed by atoms with E-state index in [4.69, 9.17) is 4.74 Å². The predicted octanol–water partition coefficient (Wildman–Crippen LogP) is 3.88. The summed E-state index contributed by atoms with van der Waals surface area (Å²) in [4.78, 5) is 10.6. The summed E-state index contributed by atoms with van der Waals surface area (Å²) in [5.41, 5.74) is 4.88. The first-order chi connectivity index (χ1) is 11.2. The normalized spacial score (nSPS) is 10.5. The Balaban J connectivity index is 1.67. The van der Waals surface area contributed by atoms with Crippen molar-refractivity contribution in [2.45, 2.75) is 20.5 Å². The fourth-order valence-corrected chi connectivity index (χ4v) is 2.43. The van der Waals surface area contributed by atoms with Crippen molar-refractivity contribution in [2.75, 3.05) is 0 Å². The van der Waals surface area contributed by atoms with Crippen molar-refractivity contribution in [3.8, 4) is 11.4 Å². The monoisotopic (exact) mass is 306 g/mol. The van der Waals surface area contributed by atoms with E-state index in [2.05, 4.69) is 11.2 Å². The molecule has 2 aromatic carbocycles. The van der Waals surface area contributed by atoms with Crippen LogP contribution in [0.25, 0.3) is 5.69 Å². The summed E-state index contributed by atoms with van der Waals surface area (Å²) in [6.07, 6.45) is 0.821. The number of carbonyl (C=O) groups excluding carboxylic acids is 1. The second kappa shape index (κ2) is 6.48. The SMILES string of the molecule is Cc1cc(C)n(-c2ccc(COc3ccc(C=O)cc3)cc2)n1. The van der Waals surface area contributed by atoms with E-state index in [9.17, 15) is 4.79 Å². The molecule has 3 rings (SSSR count). The van der Waals surface area contributed by atoms with Crippen LogP contribution in [0.15, 0.2) is 54.6 Å². The van der Waals surface area contributed by atoms with Gasteiger partial charge in [-0.05, 0) is 61.9 Å². The maximum Gasteiger partial charge on any atom is 0.150 e. The Morgan fingerprint density at radius 2 is 1.74 bits per heavy atom. The van der Waals surface area contributed by atoms with E-state index in [1.54, 1.807) is 24.3 Å². The first kappa shape index (κ1) is 15.0. The molecule has 0 saturated heterocycles. The number of carbonyl (C=O) groups is 1. The molecule has 116 valence electrons. The van der Waals surface area contributed by atoms with Gasteiger partial charge in [0.25, 0.3) is 0 Å². The van der Waals surface area contributed by atoms with E-state index in [1.165, 1.54) is 0 Å². The lowest BCUT2D eigenvalue weighted by atomic mass is 10.2. The summed E-state index contributed by atoms with van der Waals surface area (Å²) in [7, 11) is 0. The van der Waals surface area contributed by atoms with Gasteiger partial charge in [0, 0.05) is 11.3 Å². The van der Waals surface area contributed by atoms with Crippen LogP contribution in [-0.2, 0) is 6.61 Å². The second-order valence-electron chi connectivity index (χ2n) is 5.48. The molecule has 0 aliphatic rings. The molecule has 0 radical (unpaired) electrons. The number of hydrogen-bond donors (Lipinski definition) is 0. The Morgan fingerprint density at radius 3 is 2.30 bits per heavy atom. The molecule has 23 heavy (non-hydrogen) atoms. The lowest BCUT2D eigenvalue weighted by Gasteiger charge is -2.08. The number of hydrogen-bond acceptors (Lipinski definition) is 3. The van der Waals surface area contributed by atoms with Crippen molar-refractivity contribution in [1.82, 2.24) is 9.78 Å². The molecule has 0 aliphatic heterocycles. The number of rotatable bonds is 5. The van der Waals surface area contributed by atoms with Crippen LogP contribution in [0, 0.1) is 13.8 Å². The molecule has 0 atom stereocenters. The van der Waals surface area contributed by atoms with Crippen LogP contribution in [0.1, 0.15) is 27.3 Å². The van der Waals surface area contributed by atoms with Crippen molar-refractivity contribution in [1.29, 1.82) is 0 Å². The molecule has 0 spiro atoms. The standard InChI is InChI=1S/C19H18N2O2/c1-14-11-15(2)21(20-14)18-7-3-17(4-8-18)13-23-19-9-5-16(12-22)6-10-19/h3-12H,13H2,1-2H3. The zero-order chi connectivity index (χ0) is 16.2. The van der Waals surface area contributed by atoms with Crippen LogP contribution in [0.5, 0.6) is 5.75 Å². The van der Waals surface area contributed by atoms with Crippen molar-refractivity contribution < 1.29 is 9.53 Å². The molecule has 0 unspecified atom stereocenters. The molecule has 0 N–H and O–H groups in total. The lowest BCUT2D eigenvalue weighted by Crippen LogP contribution is -2.00. The third kappa shape index (κ3) is 3.48. The lowest BCUT2D eigenvalue weighted by molar-refractivity contribution is 0.112. The minimum Gasteiger partial charge on any atom is -0.489 e. The molecular formula is C19H18N2O2. The van der Waals surface area contributed by atoms with Crippen LogP contribution < -0.4 is 4.74 Å². The molecule has 1 heterocycles. The fraction of sp³-hybridized carbons (Fsp3) is 0.158. The molecule has 0 bridgehead atoms. The predicted molar refractivity (Wildman–Crippen MR) is 89.2 cm³/mol. The van der Waals surface area contributed by atoms with Crippen LogP contribution in [-0.4, -0.2) is 16.1 Å². The summed E-state index contributed by atoms with van der Waals surface area (Å²) in [5, 5.41) is 4.48. The second-order valence-corrected chi connectivity index (χ2v) is 5.48. The third-order valence-electron chi connectivity index (χ3n) is 3.61. The van der Waals surface area contributed by atoms with Gasteiger partial charge in [-0.2, -0.15) is 5.10 Å². The van der Waals surface area contributed by atoms with E-state index in [1.807, 2.05) is 42.8 Å². The average Bonchev–Trinajstić information content (AvgIpc) is 2.92. The Bertz CT molecular complexity index is 802. The molecule has 0 saturated carbocycles. The third-order valence-corrected chi connectivity index (χ3v) is 3.61. The Labute approximate surface area is 135 Å². The van der Waals surface area contributed by atoms with Gasteiger partial charge in [-0.25, -0.2) is 4.68 Å². The highest BCUT2D eigenvalue weighted by atomic mass is 16.5. The summed E-state index contributed by atoms with van der Waals surface area (Å²) in [6.45, 7) is 4.51. The molecular weight excluding hydrogens is 288 g/mol. The van der Waals surface area contributed by atoms with Gasteiger partial charge >= 0.3 is 0 Å². The summed E-state index contributed by atoms with van der Waals surface area (Å²) in [6, 6.07) is 17.3.